The summed E-state index contributed by atoms with van der Waals surface area (Å²) >= 11 is 0. The van der Waals surface area contributed by atoms with Crippen molar-refractivity contribution in [1.82, 2.24) is 9.80 Å². The predicted molar refractivity (Wildman–Crippen MR) is 78.6 cm³/mol. The maximum atomic E-state index is 9.85. The van der Waals surface area contributed by atoms with E-state index in [0.29, 0.717) is 5.92 Å². The molecule has 4 nitrogen and oxygen atoms in total. The van der Waals surface area contributed by atoms with Gasteiger partial charge in [0.2, 0.25) is 0 Å². The number of aliphatic hydroxyl groups is 1. The minimum atomic E-state index is -0.612. The van der Waals surface area contributed by atoms with Gasteiger partial charge in [0.25, 0.3) is 0 Å². The molecule has 2 fully saturated rings. The van der Waals surface area contributed by atoms with Crippen molar-refractivity contribution in [2.75, 3.05) is 32.7 Å². The quantitative estimate of drug-likeness (QED) is 0.607. The van der Waals surface area contributed by atoms with E-state index < -0.39 is 5.60 Å². The lowest BCUT2D eigenvalue weighted by atomic mass is 9.88. The standard InChI is InChI=1S/C15H29N3O/c1-15(2,19)12-17-8-10-18(11-9-17)14(16)13-6-4-3-5-7-13/h13,16,19H,3-12H2,1-2H3. The molecular weight excluding hydrogens is 238 g/mol. The van der Waals surface area contributed by atoms with Crippen molar-refractivity contribution >= 4 is 5.84 Å². The van der Waals surface area contributed by atoms with Gasteiger partial charge in [0.05, 0.1) is 11.4 Å². The lowest BCUT2D eigenvalue weighted by Gasteiger charge is -2.40. The Morgan fingerprint density at radius 3 is 2.21 bits per heavy atom. The second kappa shape index (κ2) is 6.23. The van der Waals surface area contributed by atoms with E-state index in [2.05, 4.69) is 9.80 Å². The first-order chi connectivity index (χ1) is 8.96. The molecule has 4 heteroatoms. The Morgan fingerprint density at radius 1 is 1.11 bits per heavy atom. The molecule has 0 bridgehead atoms. The highest BCUT2D eigenvalue weighted by Gasteiger charge is 2.27. The second-order valence-electron chi connectivity index (χ2n) is 6.80. The highest BCUT2D eigenvalue weighted by Crippen LogP contribution is 2.26. The monoisotopic (exact) mass is 267 g/mol. The number of hydrogen-bond donors (Lipinski definition) is 2. The average Bonchev–Trinajstić information content (AvgIpc) is 2.38. The van der Waals surface area contributed by atoms with Crippen molar-refractivity contribution in [1.29, 1.82) is 5.41 Å². The molecule has 2 aliphatic rings. The Hall–Kier alpha value is -0.610. The summed E-state index contributed by atoms with van der Waals surface area (Å²) in [7, 11) is 0. The van der Waals surface area contributed by atoms with E-state index in [1.54, 1.807) is 0 Å². The van der Waals surface area contributed by atoms with Gasteiger partial charge in [0.1, 0.15) is 0 Å². The Morgan fingerprint density at radius 2 is 1.68 bits per heavy atom. The van der Waals surface area contributed by atoms with Crippen LogP contribution in [0.3, 0.4) is 0 Å². The summed E-state index contributed by atoms with van der Waals surface area (Å²) in [6.45, 7) is 8.31. The molecule has 19 heavy (non-hydrogen) atoms. The van der Waals surface area contributed by atoms with Gasteiger partial charge in [0.15, 0.2) is 0 Å². The van der Waals surface area contributed by atoms with Crippen LogP contribution < -0.4 is 0 Å². The van der Waals surface area contributed by atoms with Crippen LogP contribution in [0.15, 0.2) is 0 Å². The third-order valence-corrected chi connectivity index (χ3v) is 4.32. The summed E-state index contributed by atoms with van der Waals surface area (Å²) in [6, 6.07) is 0. The lowest BCUT2D eigenvalue weighted by molar-refractivity contribution is 0.0245. The molecular formula is C15H29N3O. The molecule has 0 unspecified atom stereocenters. The number of β-amino-alcohol motifs (C(OH)–C–C–N with tert-alkyl or cyclic N) is 1. The van der Waals surface area contributed by atoms with Crippen LogP contribution in [0, 0.1) is 11.3 Å². The average molecular weight is 267 g/mol. The van der Waals surface area contributed by atoms with Crippen molar-refractivity contribution < 1.29 is 5.11 Å². The SMILES string of the molecule is CC(C)(O)CN1CCN(C(=N)C2CCCCC2)CC1. The van der Waals surface area contributed by atoms with E-state index >= 15 is 0 Å². The summed E-state index contributed by atoms with van der Waals surface area (Å²) in [4.78, 5) is 4.57. The van der Waals surface area contributed by atoms with Crippen molar-refractivity contribution in [3.05, 3.63) is 0 Å². The molecule has 0 atom stereocenters. The van der Waals surface area contributed by atoms with Crippen molar-refractivity contribution in [3.8, 4) is 0 Å². The van der Waals surface area contributed by atoms with Gasteiger partial charge in [-0.1, -0.05) is 19.3 Å². The van der Waals surface area contributed by atoms with Crippen LogP contribution in [0.5, 0.6) is 0 Å². The number of amidine groups is 1. The number of hydrogen-bond acceptors (Lipinski definition) is 3. The molecule has 2 N–H and O–H groups in total. The maximum Gasteiger partial charge on any atom is 0.0990 e. The minimum absolute atomic E-state index is 0.509. The highest BCUT2D eigenvalue weighted by atomic mass is 16.3. The molecule has 2 rings (SSSR count). The van der Waals surface area contributed by atoms with E-state index in [0.717, 1.165) is 38.6 Å². The molecule has 1 aliphatic heterocycles. The molecule has 110 valence electrons. The Labute approximate surface area is 117 Å². The van der Waals surface area contributed by atoms with E-state index in [1.165, 1.54) is 32.1 Å². The van der Waals surface area contributed by atoms with Crippen LogP contribution in [0.2, 0.25) is 0 Å². The van der Waals surface area contributed by atoms with Gasteiger partial charge >= 0.3 is 0 Å². The van der Waals surface area contributed by atoms with Crippen LogP contribution in [0.1, 0.15) is 46.0 Å². The summed E-state index contributed by atoms with van der Waals surface area (Å²) in [6.07, 6.45) is 6.37. The van der Waals surface area contributed by atoms with Crippen LogP contribution >= 0.6 is 0 Å². The van der Waals surface area contributed by atoms with Crippen LogP contribution in [0.25, 0.3) is 0 Å². The number of nitrogens with zero attached hydrogens (tertiary/aromatic N) is 2. The second-order valence-corrected chi connectivity index (χ2v) is 6.80. The topological polar surface area (TPSA) is 50.6 Å². The zero-order valence-corrected chi connectivity index (χ0v) is 12.5. The lowest BCUT2D eigenvalue weighted by Crippen LogP contribution is -2.53. The zero-order valence-electron chi connectivity index (χ0n) is 12.5. The number of nitrogens with one attached hydrogen (secondary N) is 1. The third-order valence-electron chi connectivity index (χ3n) is 4.32. The fraction of sp³-hybridized carbons (Fsp3) is 0.933. The summed E-state index contributed by atoms with van der Waals surface area (Å²) < 4.78 is 0. The third kappa shape index (κ3) is 4.46. The first kappa shape index (κ1) is 14.8. The first-order valence-corrected chi connectivity index (χ1v) is 7.74. The fourth-order valence-electron chi connectivity index (χ4n) is 3.33. The Kier molecular flexibility index (Phi) is 4.85. The number of rotatable bonds is 3. The van der Waals surface area contributed by atoms with Gasteiger partial charge in [-0.15, -0.1) is 0 Å². The molecule has 1 aliphatic carbocycles. The first-order valence-electron chi connectivity index (χ1n) is 7.74. The Balaban J connectivity index is 1.77. The van der Waals surface area contributed by atoms with Gasteiger partial charge in [0, 0.05) is 38.6 Å². The van der Waals surface area contributed by atoms with Crippen molar-refractivity contribution in [2.45, 2.75) is 51.6 Å². The smallest absolute Gasteiger partial charge is 0.0990 e. The van der Waals surface area contributed by atoms with Gasteiger partial charge in [-0.25, -0.2) is 0 Å². The molecule has 0 aromatic carbocycles. The van der Waals surface area contributed by atoms with Crippen LogP contribution in [-0.4, -0.2) is 59.1 Å². The molecule has 0 aromatic rings. The normalized spacial score (nSPS) is 23.6. The summed E-state index contributed by atoms with van der Waals surface area (Å²) in [5.74, 6) is 1.39. The molecule has 0 radical (unpaired) electrons. The van der Waals surface area contributed by atoms with Gasteiger partial charge in [-0.2, -0.15) is 0 Å². The van der Waals surface area contributed by atoms with E-state index in [9.17, 15) is 5.11 Å². The van der Waals surface area contributed by atoms with Gasteiger partial charge in [-0.3, -0.25) is 10.3 Å². The molecule has 0 spiro atoms. The van der Waals surface area contributed by atoms with E-state index in [1.807, 2.05) is 13.8 Å². The fourth-order valence-corrected chi connectivity index (χ4v) is 3.33. The minimum Gasteiger partial charge on any atom is -0.389 e. The van der Waals surface area contributed by atoms with E-state index in [4.69, 9.17) is 5.41 Å². The molecule has 0 amide bonds. The zero-order chi connectivity index (χ0) is 13.9. The number of piperazine rings is 1. The summed E-state index contributed by atoms with van der Waals surface area (Å²) in [5, 5.41) is 18.2. The van der Waals surface area contributed by atoms with Crippen LogP contribution in [0.4, 0.5) is 0 Å². The largest absolute Gasteiger partial charge is 0.389 e. The molecule has 1 heterocycles. The van der Waals surface area contributed by atoms with Gasteiger partial charge < -0.3 is 10.0 Å². The maximum absolute atomic E-state index is 9.85. The van der Waals surface area contributed by atoms with Crippen molar-refractivity contribution in [2.24, 2.45) is 5.92 Å². The predicted octanol–water partition coefficient (Wildman–Crippen LogP) is 1.93. The van der Waals surface area contributed by atoms with E-state index in [-0.39, 0.29) is 0 Å². The van der Waals surface area contributed by atoms with Crippen molar-refractivity contribution in [3.63, 3.8) is 0 Å². The highest BCUT2D eigenvalue weighted by molar-refractivity contribution is 5.81. The molecule has 0 aromatic heterocycles. The van der Waals surface area contributed by atoms with Crippen LogP contribution in [-0.2, 0) is 0 Å². The van der Waals surface area contributed by atoms with Gasteiger partial charge in [-0.05, 0) is 26.7 Å². The molecule has 1 saturated carbocycles. The Bertz CT molecular complexity index is 297. The summed E-state index contributed by atoms with van der Waals surface area (Å²) in [5.41, 5.74) is -0.612. The molecule has 1 saturated heterocycles.